The van der Waals surface area contributed by atoms with Gasteiger partial charge in [0, 0.05) is 43.2 Å². The molecule has 0 unspecified atom stereocenters. The minimum Gasteiger partial charge on any atom is -0.464 e. The maximum Gasteiger partial charge on any atom is 0.247 e. The summed E-state index contributed by atoms with van der Waals surface area (Å²) in [7, 11) is 0. The maximum absolute atomic E-state index is 13.1. The number of carbonyl (C=O) groups is 1. The maximum atomic E-state index is 13.1. The molecule has 4 aromatic rings. The van der Waals surface area contributed by atoms with E-state index in [1.54, 1.807) is 12.3 Å². The number of anilines is 1. The second kappa shape index (κ2) is 8.16. The van der Waals surface area contributed by atoms with Crippen molar-refractivity contribution in [2.24, 2.45) is 0 Å². The third kappa shape index (κ3) is 3.62. The lowest BCUT2D eigenvalue weighted by Gasteiger charge is -2.34. The van der Waals surface area contributed by atoms with E-state index in [1.807, 2.05) is 59.5 Å². The zero-order valence-corrected chi connectivity index (χ0v) is 17.2. The van der Waals surface area contributed by atoms with Gasteiger partial charge < -0.3 is 14.2 Å². The zero-order chi connectivity index (χ0) is 20.3. The summed E-state index contributed by atoms with van der Waals surface area (Å²) in [4.78, 5) is 17.2. The SMILES string of the molecule is O=C(C=C(c1ccccc1)c1ccco1)N1CCN(c2nsc3ccccc23)CC1. The standard InChI is InChI=1S/C24H21N3O2S/c28-23(17-20(21-10-6-16-29-21)18-7-2-1-3-8-18)26-12-14-27(15-13-26)24-19-9-4-5-11-22(19)30-25-24/h1-11,16-17H,12-15H2. The first-order chi connectivity index (χ1) is 14.8. The fourth-order valence-electron chi connectivity index (χ4n) is 3.80. The van der Waals surface area contributed by atoms with E-state index >= 15 is 0 Å². The van der Waals surface area contributed by atoms with Crippen molar-refractivity contribution in [3.8, 4) is 0 Å². The van der Waals surface area contributed by atoms with Gasteiger partial charge in [-0.2, -0.15) is 4.37 Å². The highest BCUT2D eigenvalue weighted by Crippen LogP contribution is 2.30. The Balaban J connectivity index is 1.33. The van der Waals surface area contributed by atoms with Crippen LogP contribution in [0.25, 0.3) is 15.7 Å². The van der Waals surface area contributed by atoms with Gasteiger partial charge >= 0.3 is 0 Å². The van der Waals surface area contributed by atoms with Crippen molar-refractivity contribution >= 4 is 38.9 Å². The summed E-state index contributed by atoms with van der Waals surface area (Å²) in [6.45, 7) is 2.88. The van der Waals surface area contributed by atoms with Crippen LogP contribution in [0.5, 0.6) is 0 Å². The van der Waals surface area contributed by atoms with Gasteiger partial charge in [0.25, 0.3) is 0 Å². The summed E-state index contributed by atoms with van der Waals surface area (Å²) in [5.41, 5.74) is 1.77. The van der Waals surface area contributed by atoms with E-state index in [1.165, 1.54) is 21.6 Å². The van der Waals surface area contributed by atoms with E-state index < -0.39 is 0 Å². The third-order valence-corrected chi connectivity index (χ3v) is 6.21. The van der Waals surface area contributed by atoms with Gasteiger partial charge in [-0.3, -0.25) is 4.79 Å². The first-order valence-electron chi connectivity index (χ1n) is 9.99. The summed E-state index contributed by atoms with van der Waals surface area (Å²) in [6, 6.07) is 21.9. The van der Waals surface area contributed by atoms with Crippen molar-refractivity contribution in [3.63, 3.8) is 0 Å². The minimum atomic E-state index is 0.00744. The first kappa shape index (κ1) is 18.6. The molecular weight excluding hydrogens is 394 g/mol. The fourth-order valence-corrected chi connectivity index (χ4v) is 4.60. The largest absolute Gasteiger partial charge is 0.464 e. The smallest absolute Gasteiger partial charge is 0.247 e. The Hall–Kier alpha value is -3.38. The van der Waals surface area contributed by atoms with E-state index in [2.05, 4.69) is 21.4 Å². The first-order valence-corrected chi connectivity index (χ1v) is 10.8. The number of hydrogen-bond donors (Lipinski definition) is 0. The lowest BCUT2D eigenvalue weighted by atomic mass is 10.0. The molecule has 1 amide bonds. The lowest BCUT2D eigenvalue weighted by molar-refractivity contribution is -0.126. The van der Waals surface area contributed by atoms with Gasteiger partial charge in [0.15, 0.2) is 0 Å². The van der Waals surface area contributed by atoms with Crippen LogP contribution in [0, 0.1) is 0 Å². The Morgan fingerprint density at radius 3 is 2.47 bits per heavy atom. The summed E-state index contributed by atoms with van der Waals surface area (Å²) in [6.07, 6.45) is 3.33. The predicted molar refractivity (Wildman–Crippen MR) is 121 cm³/mol. The Bertz CT molecular complexity index is 1170. The number of piperazine rings is 1. The highest BCUT2D eigenvalue weighted by atomic mass is 32.1. The van der Waals surface area contributed by atoms with Gasteiger partial charge in [-0.05, 0) is 41.4 Å². The molecule has 0 radical (unpaired) electrons. The summed E-state index contributed by atoms with van der Waals surface area (Å²) >= 11 is 1.53. The van der Waals surface area contributed by atoms with Crippen LogP contribution in [0.1, 0.15) is 11.3 Å². The monoisotopic (exact) mass is 415 g/mol. The summed E-state index contributed by atoms with van der Waals surface area (Å²) < 4.78 is 11.4. The molecule has 3 heterocycles. The molecule has 0 saturated carbocycles. The molecule has 6 heteroatoms. The average Bonchev–Trinajstić information content (AvgIpc) is 3.48. The molecule has 0 bridgehead atoms. The highest BCUT2D eigenvalue weighted by Gasteiger charge is 2.23. The second-order valence-electron chi connectivity index (χ2n) is 7.22. The normalized spacial score (nSPS) is 15.0. The van der Waals surface area contributed by atoms with E-state index in [0.29, 0.717) is 18.8 Å². The molecule has 2 aromatic heterocycles. The number of amides is 1. The minimum absolute atomic E-state index is 0.00744. The number of rotatable bonds is 4. The molecule has 30 heavy (non-hydrogen) atoms. The number of carbonyl (C=O) groups excluding carboxylic acids is 1. The lowest BCUT2D eigenvalue weighted by Crippen LogP contribution is -2.48. The number of hydrogen-bond acceptors (Lipinski definition) is 5. The van der Waals surface area contributed by atoms with Crippen LogP contribution >= 0.6 is 11.5 Å². The molecular formula is C24H21N3O2S. The molecule has 5 nitrogen and oxygen atoms in total. The number of aromatic nitrogens is 1. The van der Waals surface area contributed by atoms with Gasteiger partial charge in [0.05, 0.1) is 11.0 Å². The Kier molecular flexibility index (Phi) is 5.07. The van der Waals surface area contributed by atoms with Crippen LogP contribution in [0.3, 0.4) is 0 Å². The summed E-state index contributed by atoms with van der Waals surface area (Å²) in [5, 5.41) is 1.19. The van der Waals surface area contributed by atoms with Crippen LogP contribution in [-0.4, -0.2) is 41.4 Å². The molecule has 1 aliphatic rings. The molecule has 1 aliphatic heterocycles. The Labute approximate surface area is 179 Å². The topological polar surface area (TPSA) is 49.6 Å². The molecule has 0 N–H and O–H groups in total. The van der Waals surface area contributed by atoms with E-state index in [0.717, 1.165) is 30.0 Å². The van der Waals surface area contributed by atoms with Crippen molar-refractivity contribution in [2.75, 3.05) is 31.1 Å². The van der Waals surface area contributed by atoms with Crippen LogP contribution in [-0.2, 0) is 4.79 Å². The number of fused-ring (bicyclic) bond motifs is 1. The van der Waals surface area contributed by atoms with Crippen LogP contribution in [0.4, 0.5) is 5.82 Å². The van der Waals surface area contributed by atoms with Crippen molar-refractivity contribution in [1.82, 2.24) is 9.27 Å². The molecule has 1 saturated heterocycles. The molecule has 1 fully saturated rings. The molecule has 150 valence electrons. The Morgan fingerprint density at radius 2 is 1.70 bits per heavy atom. The van der Waals surface area contributed by atoms with E-state index in [9.17, 15) is 4.79 Å². The van der Waals surface area contributed by atoms with Gasteiger partial charge in [-0.1, -0.05) is 42.5 Å². The number of benzene rings is 2. The van der Waals surface area contributed by atoms with Crippen LogP contribution in [0.2, 0.25) is 0 Å². The van der Waals surface area contributed by atoms with Crippen molar-refractivity contribution < 1.29 is 9.21 Å². The van der Waals surface area contributed by atoms with Gasteiger partial charge in [0.2, 0.25) is 5.91 Å². The van der Waals surface area contributed by atoms with Crippen LogP contribution < -0.4 is 4.90 Å². The molecule has 0 spiro atoms. The second-order valence-corrected chi connectivity index (χ2v) is 8.02. The molecule has 5 rings (SSSR count). The number of nitrogens with zero attached hydrogens (tertiary/aromatic N) is 3. The molecule has 0 aliphatic carbocycles. The van der Waals surface area contributed by atoms with Crippen molar-refractivity contribution in [3.05, 3.63) is 90.4 Å². The van der Waals surface area contributed by atoms with Gasteiger partial charge in [-0.15, -0.1) is 0 Å². The van der Waals surface area contributed by atoms with Gasteiger partial charge in [0.1, 0.15) is 11.6 Å². The van der Waals surface area contributed by atoms with Gasteiger partial charge in [-0.25, -0.2) is 0 Å². The average molecular weight is 416 g/mol. The van der Waals surface area contributed by atoms with Crippen molar-refractivity contribution in [1.29, 1.82) is 0 Å². The van der Waals surface area contributed by atoms with Crippen LogP contribution in [0.15, 0.2) is 83.5 Å². The predicted octanol–water partition coefficient (Wildman–Crippen LogP) is 4.67. The summed E-state index contributed by atoms with van der Waals surface area (Å²) in [5.74, 6) is 1.73. The van der Waals surface area contributed by atoms with Crippen molar-refractivity contribution in [2.45, 2.75) is 0 Å². The molecule has 0 atom stereocenters. The zero-order valence-electron chi connectivity index (χ0n) is 16.4. The fraction of sp³-hybridized carbons (Fsp3) is 0.167. The third-order valence-electron chi connectivity index (χ3n) is 5.39. The quantitative estimate of drug-likeness (QED) is 0.455. The van der Waals surface area contributed by atoms with E-state index in [-0.39, 0.29) is 5.91 Å². The Morgan fingerprint density at radius 1 is 0.933 bits per heavy atom. The molecule has 2 aromatic carbocycles. The van der Waals surface area contributed by atoms with E-state index in [4.69, 9.17) is 4.42 Å². The highest BCUT2D eigenvalue weighted by molar-refractivity contribution is 7.13. The number of furan rings is 1.